The molecule has 2 N–H and O–H groups in total. The Balaban J connectivity index is 2.79. The van der Waals surface area contributed by atoms with Gasteiger partial charge in [0.25, 0.3) is 0 Å². The molecule has 2 aromatic rings. The maximum atomic E-state index is 11.3. The Hall–Kier alpha value is -2.10. The smallest absolute Gasteiger partial charge is 0.335 e. The van der Waals surface area contributed by atoms with Crippen molar-refractivity contribution >= 4 is 22.7 Å². The van der Waals surface area contributed by atoms with Gasteiger partial charge < -0.3 is 10.1 Å². The van der Waals surface area contributed by atoms with Crippen LogP contribution < -0.4 is 0 Å². The average molecular weight is 217 g/mol. The first-order valence-corrected chi connectivity index (χ1v) is 4.86. The number of hydrogen-bond donors (Lipinski definition) is 2. The summed E-state index contributed by atoms with van der Waals surface area (Å²) in [5.41, 5.74) is 2.22. The van der Waals surface area contributed by atoms with Crippen LogP contribution in [0.4, 0.5) is 0 Å². The van der Waals surface area contributed by atoms with E-state index in [0.717, 1.165) is 5.52 Å². The van der Waals surface area contributed by atoms with Crippen molar-refractivity contribution in [1.29, 1.82) is 0 Å². The second-order valence-corrected chi connectivity index (χ2v) is 3.78. The molecule has 0 amide bonds. The van der Waals surface area contributed by atoms with Crippen molar-refractivity contribution in [1.82, 2.24) is 4.98 Å². The molecule has 0 aliphatic heterocycles. The fourth-order valence-electron chi connectivity index (χ4n) is 1.80. The number of H-pyrrole nitrogens is 1. The molecule has 0 unspecified atom stereocenters. The predicted octanol–water partition coefficient (Wildman–Crippen LogP) is 2.38. The van der Waals surface area contributed by atoms with E-state index in [9.17, 15) is 9.59 Å². The number of carboxylic acids is 1. The van der Waals surface area contributed by atoms with E-state index in [-0.39, 0.29) is 11.3 Å². The normalized spacial score (nSPS) is 10.6. The Morgan fingerprint density at radius 2 is 1.94 bits per heavy atom. The summed E-state index contributed by atoms with van der Waals surface area (Å²) < 4.78 is 0. The summed E-state index contributed by atoms with van der Waals surface area (Å²) in [5.74, 6) is -1.05. The number of aromatic amines is 1. The molecule has 0 fully saturated rings. The van der Waals surface area contributed by atoms with Crippen LogP contribution in [0, 0.1) is 6.92 Å². The number of fused-ring (bicyclic) bond motifs is 1. The number of ketones is 1. The molecule has 4 heteroatoms. The Labute approximate surface area is 91.9 Å². The molecular formula is C12H11NO3. The molecule has 16 heavy (non-hydrogen) atoms. The van der Waals surface area contributed by atoms with Crippen LogP contribution in [-0.2, 0) is 0 Å². The predicted molar refractivity (Wildman–Crippen MR) is 60.0 cm³/mol. The van der Waals surface area contributed by atoms with E-state index in [1.807, 2.05) is 0 Å². The van der Waals surface area contributed by atoms with Crippen molar-refractivity contribution in [3.63, 3.8) is 0 Å². The van der Waals surface area contributed by atoms with Gasteiger partial charge in [-0.25, -0.2) is 4.79 Å². The van der Waals surface area contributed by atoms with Crippen molar-refractivity contribution in [3.8, 4) is 0 Å². The van der Waals surface area contributed by atoms with Crippen molar-refractivity contribution in [2.75, 3.05) is 0 Å². The molecule has 0 saturated heterocycles. The van der Waals surface area contributed by atoms with Crippen LogP contribution in [-0.4, -0.2) is 21.8 Å². The monoisotopic (exact) mass is 217 g/mol. The standard InChI is InChI=1S/C12H11NO3/c1-6-3-11-9(4-8(6)12(15)16)10(5-13-11)7(2)14/h3-5,13H,1-2H3,(H,15,16). The number of carbonyl (C=O) groups is 2. The van der Waals surface area contributed by atoms with Gasteiger partial charge in [0.05, 0.1) is 5.56 Å². The van der Waals surface area contributed by atoms with Crippen LogP contribution in [0.1, 0.15) is 33.2 Å². The van der Waals surface area contributed by atoms with Crippen LogP contribution in [0.5, 0.6) is 0 Å². The number of aryl methyl sites for hydroxylation is 1. The Morgan fingerprint density at radius 3 is 2.50 bits per heavy atom. The second kappa shape index (κ2) is 3.48. The van der Waals surface area contributed by atoms with E-state index in [2.05, 4.69) is 4.98 Å². The summed E-state index contributed by atoms with van der Waals surface area (Å²) in [4.78, 5) is 25.3. The first-order valence-electron chi connectivity index (χ1n) is 4.86. The SMILES string of the molecule is CC(=O)c1c[nH]c2cc(C)c(C(=O)O)cc12. The topological polar surface area (TPSA) is 70.2 Å². The third-order valence-corrected chi connectivity index (χ3v) is 2.64. The fourth-order valence-corrected chi connectivity index (χ4v) is 1.80. The summed E-state index contributed by atoms with van der Waals surface area (Å²) in [6, 6.07) is 3.28. The second-order valence-electron chi connectivity index (χ2n) is 3.78. The van der Waals surface area contributed by atoms with Gasteiger partial charge in [-0.1, -0.05) is 0 Å². The maximum absolute atomic E-state index is 11.3. The number of carbonyl (C=O) groups excluding carboxylic acids is 1. The van der Waals surface area contributed by atoms with Gasteiger partial charge >= 0.3 is 5.97 Å². The number of aromatic nitrogens is 1. The van der Waals surface area contributed by atoms with Crippen LogP contribution in [0.25, 0.3) is 10.9 Å². The lowest BCUT2D eigenvalue weighted by atomic mass is 10.0. The first kappa shape index (κ1) is 10.4. The van der Waals surface area contributed by atoms with E-state index >= 15 is 0 Å². The minimum Gasteiger partial charge on any atom is -0.478 e. The number of aromatic carboxylic acids is 1. The number of hydrogen-bond acceptors (Lipinski definition) is 2. The van der Waals surface area contributed by atoms with E-state index < -0.39 is 5.97 Å². The highest BCUT2D eigenvalue weighted by Crippen LogP contribution is 2.23. The van der Waals surface area contributed by atoms with Crippen molar-refractivity contribution in [3.05, 3.63) is 35.0 Å². The lowest BCUT2D eigenvalue weighted by molar-refractivity contribution is 0.0696. The van der Waals surface area contributed by atoms with Gasteiger partial charge in [0, 0.05) is 22.7 Å². The molecule has 0 radical (unpaired) electrons. The lowest BCUT2D eigenvalue weighted by Gasteiger charge is -2.01. The molecular weight excluding hydrogens is 206 g/mol. The van der Waals surface area contributed by atoms with Crippen LogP contribution in [0.2, 0.25) is 0 Å². The minimum atomic E-state index is -0.977. The molecule has 2 rings (SSSR count). The van der Waals surface area contributed by atoms with Gasteiger partial charge in [0.2, 0.25) is 0 Å². The van der Waals surface area contributed by atoms with E-state index in [1.165, 1.54) is 6.92 Å². The highest BCUT2D eigenvalue weighted by atomic mass is 16.4. The molecule has 0 aliphatic carbocycles. The van der Waals surface area contributed by atoms with Gasteiger partial charge in [-0.15, -0.1) is 0 Å². The number of Topliss-reactive ketones (excluding diaryl/α,β-unsaturated/α-hetero) is 1. The van der Waals surface area contributed by atoms with Gasteiger partial charge in [-0.05, 0) is 31.5 Å². The molecule has 0 bridgehead atoms. The number of rotatable bonds is 2. The molecule has 4 nitrogen and oxygen atoms in total. The minimum absolute atomic E-state index is 0.0774. The van der Waals surface area contributed by atoms with Crippen LogP contribution in [0.3, 0.4) is 0 Å². The van der Waals surface area contributed by atoms with E-state index in [1.54, 1.807) is 25.3 Å². The fraction of sp³-hybridized carbons (Fsp3) is 0.167. The van der Waals surface area contributed by atoms with Gasteiger partial charge in [-0.3, -0.25) is 4.79 Å². The summed E-state index contributed by atoms with van der Waals surface area (Å²) in [7, 11) is 0. The zero-order valence-electron chi connectivity index (χ0n) is 9.00. The Kier molecular flexibility index (Phi) is 2.27. The Morgan fingerprint density at radius 1 is 1.25 bits per heavy atom. The number of benzene rings is 1. The van der Waals surface area contributed by atoms with E-state index in [0.29, 0.717) is 16.5 Å². The Bertz CT molecular complexity index is 596. The van der Waals surface area contributed by atoms with Crippen molar-refractivity contribution < 1.29 is 14.7 Å². The zero-order valence-corrected chi connectivity index (χ0v) is 9.00. The highest BCUT2D eigenvalue weighted by Gasteiger charge is 2.13. The number of carboxylic acid groups (broad SMARTS) is 1. The molecule has 0 atom stereocenters. The quantitative estimate of drug-likeness (QED) is 0.758. The maximum Gasteiger partial charge on any atom is 0.335 e. The van der Waals surface area contributed by atoms with E-state index in [4.69, 9.17) is 5.11 Å². The number of nitrogens with one attached hydrogen (secondary N) is 1. The van der Waals surface area contributed by atoms with Gasteiger partial charge in [0.1, 0.15) is 0 Å². The summed E-state index contributed by atoms with van der Waals surface area (Å²) in [6.45, 7) is 3.19. The van der Waals surface area contributed by atoms with Crippen LogP contribution >= 0.6 is 0 Å². The van der Waals surface area contributed by atoms with Gasteiger partial charge in [0.15, 0.2) is 5.78 Å². The molecule has 0 saturated carbocycles. The van der Waals surface area contributed by atoms with Crippen LogP contribution in [0.15, 0.2) is 18.3 Å². The van der Waals surface area contributed by atoms with Crippen molar-refractivity contribution in [2.24, 2.45) is 0 Å². The molecule has 1 aromatic carbocycles. The summed E-state index contributed by atoms with van der Waals surface area (Å²) in [6.07, 6.45) is 1.61. The third-order valence-electron chi connectivity index (χ3n) is 2.64. The lowest BCUT2D eigenvalue weighted by Crippen LogP contribution is -2.00. The first-order chi connectivity index (χ1) is 7.50. The summed E-state index contributed by atoms with van der Waals surface area (Å²) in [5, 5.41) is 9.66. The summed E-state index contributed by atoms with van der Waals surface area (Å²) >= 11 is 0. The highest BCUT2D eigenvalue weighted by molar-refractivity contribution is 6.08. The largest absolute Gasteiger partial charge is 0.478 e. The average Bonchev–Trinajstić information content (AvgIpc) is 2.58. The molecule has 0 spiro atoms. The van der Waals surface area contributed by atoms with Crippen molar-refractivity contribution in [2.45, 2.75) is 13.8 Å². The zero-order chi connectivity index (χ0) is 11.9. The van der Waals surface area contributed by atoms with Gasteiger partial charge in [-0.2, -0.15) is 0 Å². The molecule has 82 valence electrons. The molecule has 0 aliphatic rings. The molecule has 1 aromatic heterocycles. The third kappa shape index (κ3) is 1.48. The molecule has 1 heterocycles.